The molecule has 0 unspecified atom stereocenters. The van der Waals surface area contributed by atoms with Gasteiger partial charge in [0.1, 0.15) is 10.1 Å². The lowest BCUT2D eigenvalue weighted by Gasteiger charge is -2.20. The lowest BCUT2D eigenvalue weighted by molar-refractivity contribution is 0.475. The van der Waals surface area contributed by atoms with E-state index in [2.05, 4.69) is 24.3 Å². The van der Waals surface area contributed by atoms with E-state index >= 15 is 0 Å². The molecule has 1 aliphatic rings. The first-order valence-corrected chi connectivity index (χ1v) is 8.62. The summed E-state index contributed by atoms with van der Waals surface area (Å²) in [5.74, 6) is 0.176. The van der Waals surface area contributed by atoms with Crippen LogP contribution in [0.25, 0.3) is 0 Å². The Morgan fingerprint density at radius 2 is 1.17 bits per heavy atom. The Hall–Kier alpha value is -1.96. The Morgan fingerprint density at radius 1 is 0.667 bits per heavy atom. The zero-order valence-electron chi connectivity index (χ0n) is 12.9. The number of aromatic hydroxyl groups is 1. The van der Waals surface area contributed by atoms with Crippen molar-refractivity contribution in [1.82, 2.24) is 0 Å². The quantitative estimate of drug-likeness (QED) is 0.602. The largest absolute Gasteiger partial charge is 0.508 e. The number of hydrogen-bond acceptors (Lipinski definition) is 1. The summed E-state index contributed by atoms with van der Waals surface area (Å²) in [4.78, 5) is 0. The zero-order chi connectivity index (χ0) is 16.8. The highest BCUT2D eigenvalue weighted by Crippen LogP contribution is 2.77. The fourth-order valence-corrected chi connectivity index (χ4v) is 4.94. The molecule has 3 aromatic carbocycles. The highest BCUT2D eigenvalue weighted by Gasteiger charge is 2.77. The van der Waals surface area contributed by atoms with Crippen molar-refractivity contribution in [1.29, 1.82) is 0 Å². The Balaban J connectivity index is 1.95. The van der Waals surface area contributed by atoms with Crippen LogP contribution in [-0.4, -0.2) is 9.44 Å². The summed E-state index contributed by atoms with van der Waals surface area (Å²) in [5.41, 5.74) is 2.66. The molecule has 1 N–H and O–H groups in total. The minimum Gasteiger partial charge on any atom is -0.508 e. The van der Waals surface area contributed by atoms with Gasteiger partial charge < -0.3 is 5.11 Å². The molecule has 24 heavy (non-hydrogen) atoms. The van der Waals surface area contributed by atoms with Crippen LogP contribution in [0.3, 0.4) is 0 Å². The van der Waals surface area contributed by atoms with Crippen LogP contribution in [-0.2, 0) is 5.41 Å². The van der Waals surface area contributed by atoms with Crippen LogP contribution < -0.4 is 0 Å². The normalized spacial score (nSPS) is 24.5. The highest BCUT2D eigenvalue weighted by atomic mass is 35.5. The first-order valence-electron chi connectivity index (χ1n) is 7.86. The lowest BCUT2D eigenvalue weighted by Crippen LogP contribution is -2.17. The average molecular weight is 355 g/mol. The summed E-state index contributed by atoms with van der Waals surface area (Å²) in [6, 6.07) is 27.4. The Labute approximate surface area is 151 Å². The molecule has 2 atom stereocenters. The molecule has 3 heteroatoms. The van der Waals surface area contributed by atoms with Crippen LogP contribution in [0.4, 0.5) is 0 Å². The minimum absolute atomic E-state index is 0.0542. The van der Waals surface area contributed by atoms with Crippen LogP contribution in [0, 0.1) is 0 Å². The zero-order valence-corrected chi connectivity index (χ0v) is 14.4. The van der Waals surface area contributed by atoms with E-state index in [4.69, 9.17) is 23.2 Å². The summed E-state index contributed by atoms with van der Waals surface area (Å²) < 4.78 is -0.952. The maximum absolute atomic E-state index is 9.66. The van der Waals surface area contributed by atoms with Crippen molar-refractivity contribution in [2.75, 3.05) is 0 Å². The number of alkyl halides is 2. The first-order chi connectivity index (χ1) is 11.6. The molecule has 0 aromatic heterocycles. The van der Waals surface area contributed by atoms with Gasteiger partial charge in [-0.1, -0.05) is 96.0 Å². The van der Waals surface area contributed by atoms with Gasteiger partial charge >= 0.3 is 0 Å². The van der Waals surface area contributed by atoms with Crippen LogP contribution >= 0.6 is 23.2 Å². The number of benzene rings is 3. The van der Waals surface area contributed by atoms with E-state index in [1.165, 1.54) is 0 Å². The predicted octanol–water partition coefficient (Wildman–Crippen LogP) is 5.65. The van der Waals surface area contributed by atoms with Gasteiger partial charge in [0.15, 0.2) is 0 Å². The molecule has 0 spiro atoms. The summed E-state index contributed by atoms with van der Waals surface area (Å²) >= 11 is 13.8. The summed E-state index contributed by atoms with van der Waals surface area (Å²) in [5, 5.41) is 9.66. The summed E-state index contributed by atoms with van der Waals surface area (Å²) in [7, 11) is 0. The van der Waals surface area contributed by atoms with Crippen molar-refractivity contribution in [3.05, 3.63) is 102 Å². The fourth-order valence-electron chi connectivity index (χ4n) is 3.82. The van der Waals surface area contributed by atoms with Gasteiger partial charge in [-0.15, -0.1) is 0 Å². The van der Waals surface area contributed by atoms with E-state index in [1.807, 2.05) is 48.5 Å². The molecule has 4 rings (SSSR count). The number of halogens is 2. The molecule has 3 aromatic rings. The van der Waals surface area contributed by atoms with E-state index in [0.29, 0.717) is 0 Å². The Bertz CT molecular complexity index is 844. The Morgan fingerprint density at radius 3 is 1.75 bits per heavy atom. The second kappa shape index (κ2) is 5.54. The van der Waals surface area contributed by atoms with E-state index in [-0.39, 0.29) is 11.7 Å². The van der Waals surface area contributed by atoms with Gasteiger partial charge in [-0.05, 0) is 28.8 Å². The second-order valence-corrected chi connectivity index (χ2v) is 7.57. The Kier molecular flexibility index (Phi) is 3.59. The molecular formula is C21H16Cl2O. The molecule has 1 nitrogen and oxygen atoms in total. The molecule has 1 fully saturated rings. The molecule has 0 heterocycles. The third kappa shape index (κ3) is 2.08. The van der Waals surface area contributed by atoms with Crippen LogP contribution in [0.15, 0.2) is 84.9 Å². The van der Waals surface area contributed by atoms with Crippen molar-refractivity contribution < 1.29 is 5.11 Å². The third-order valence-electron chi connectivity index (χ3n) is 4.92. The monoisotopic (exact) mass is 354 g/mol. The molecular weight excluding hydrogens is 339 g/mol. The minimum atomic E-state index is -0.952. The van der Waals surface area contributed by atoms with Gasteiger partial charge in [-0.25, -0.2) is 0 Å². The number of phenolic OH excluding ortho intramolecular Hbond substituents is 1. The van der Waals surface area contributed by atoms with E-state index in [0.717, 1.165) is 16.7 Å². The molecule has 1 aliphatic carbocycles. The fraction of sp³-hybridized carbons (Fsp3) is 0.143. The van der Waals surface area contributed by atoms with Gasteiger partial charge in [-0.3, -0.25) is 0 Å². The van der Waals surface area contributed by atoms with Gasteiger partial charge in [0, 0.05) is 5.92 Å². The molecule has 1 saturated carbocycles. The standard InChI is InChI=1S/C21H16Cl2O/c22-21(23)19(15-7-3-1-4-8-15)20(21,16-9-5-2-6-10-16)17-11-13-18(24)14-12-17/h1-14,19,24H/t19-,20+/m1/s1. The number of phenols is 1. The van der Waals surface area contributed by atoms with Crippen molar-refractivity contribution in [2.24, 2.45) is 0 Å². The van der Waals surface area contributed by atoms with Crippen molar-refractivity contribution in [2.45, 2.75) is 15.7 Å². The highest BCUT2D eigenvalue weighted by molar-refractivity contribution is 6.53. The molecule has 120 valence electrons. The maximum atomic E-state index is 9.66. The van der Waals surface area contributed by atoms with Crippen molar-refractivity contribution >= 4 is 23.2 Å². The molecule has 0 saturated heterocycles. The molecule has 0 radical (unpaired) electrons. The first kappa shape index (κ1) is 15.6. The van der Waals surface area contributed by atoms with Gasteiger partial charge in [-0.2, -0.15) is 0 Å². The van der Waals surface area contributed by atoms with Gasteiger partial charge in [0.05, 0.1) is 5.41 Å². The van der Waals surface area contributed by atoms with E-state index in [1.54, 1.807) is 12.1 Å². The topological polar surface area (TPSA) is 20.2 Å². The second-order valence-electron chi connectivity index (χ2n) is 6.19. The average Bonchev–Trinajstić information content (AvgIpc) is 3.14. The van der Waals surface area contributed by atoms with Crippen LogP contribution in [0.2, 0.25) is 0 Å². The number of hydrogen-bond donors (Lipinski definition) is 1. The van der Waals surface area contributed by atoms with Gasteiger partial charge in [0.25, 0.3) is 0 Å². The molecule has 0 amide bonds. The third-order valence-corrected chi connectivity index (χ3v) is 5.96. The van der Waals surface area contributed by atoms with Crippen LogP contribution in [0.1, 0.15) is 22.6 Å². The lowest BCUT2D eigenvalue weighted by atomic mass is 9.84. The maximum Gasteiger partial charge on any atom is 0.140 e. The number of rotatable bonds is 3. The van der Waals surface area contributed by atoms with Crippen molar-refractivity contribution in [3.8, 4) is 5.75 Å². The summed E-state index contributed by atoms with van der Waals surface area (Å²) in [6.45, 7) is 0. The SMILES string of the molecule is Oc1ccc([C@@]2(c3ccccc3)[C@@H](c3ccccc3)C2(Cl)Cl)cc1. The predicted molar refractivity (Wildman–Crippen MR) is 98.9 cm³/mol. The van der Waals surface area contributed by atoms with Gasteiger partial charge in [0.2, 0.25) is 0 Å². The van der Waals surface area contributed by atoms with Crippen molar-refractivity contribution in [3.63, 3.8) is 0 Å². The molecule has 0 bridgehead atoms. The molecule has 0 aliphatic heterocycles. The smallest absolute Gasteiger partial charge is 0.140 e. The van der Waals surface area contributed by atoms with Crippen LogP contribution in [0.5, 0.6) is 5.75 Å². The van der Waals surface area contributed by atoms with E-state index in [9.17, 15) is 5.11 Å². The van der Waals surface area contributed by atoms with E-state index < -0.39 is 9.75 Å². The summed E-state index contributed by atoms with van der Waals surface area (Å²) in [6.07, 6.45) is 0.